The SMILES string of the molecule is CC(C)(C)C1=CCC([c-]2cc(C(C)(C)C)c3ccccc32)=C1.C[C](C)=[Zr+2].[Cl-].[Cl-]. The molecule has 0 N–H and O–H groups in total. The van der Waals surface area contributed by atoms with Gasteiger partial charge in [0.2, 0.25) is 0 Å². The molecule has 0 saturated carbocycles. The van der Waals surface area contributed by atoms with Crippen LogP contribution in [-0.2, 0) is 29.7 Å². The molecule has 0 fully saturated rings. The van der Waals surface area contributed by atoms with Crippen LogP contribution in [-0.4, -0.2) is 3.21 Å². The van der Waals surface area contributed by atoms with E-state index in [1.807, 2.05) is 0 Å². The Bertz CT molecular complexity index is 864. The zero-order valence-electron chi connectivity index (χ0n) is 18.5. The Kier molecular flexibility index (Phi) is 10.5. The Labute approximate surface area is 199 Å². The molecule has 2 aromatic carbocycles. The van der Waals surface area contributed by atoms with Gasteiger partial charge in [-0.15, -0.1) is 40.1 Å². The van der Waals surface area contributed by atoms with E-state index in [0.717, 1.165) is 6.42 Å². The third-order valence-electron chi connectivity index (χ3n) is 4.69. The Morgan fingerprint density at radius 1 is 0.929 bits per heavy atom. The first-order valence-corrected chi connectivity index (χ1v) is 10.8. The molecule has 0 heterocycles. The first-order valence-electron chi connectivity index (χ1n) is 9.53. The van der Waals surface area contributed by atoms with Crippen molar-refractivity contribution < 1.29 is 49.0 Å². The minimum absolute atomic E-state index is 0. The van der Waals surface area contributed by atoms with E-state index in [9.17, 15) is 0 Å². The van der Waals surface area contributed by atoms with Gasteiger partial charge in [0.25, 0.3) is 0 Å². The van der Waals surface area contributed by atoms with E-state index in [1.165, 1.54) is 36.3 Å². The number of benzene rings is 1. The number of hydrogen-bond donors (Lipinski definition) is 0. The van der Waals surface area contributed by atoms with E-state index in [4.69, 9.17) is 0 Å². The van der Waals surface area contributed by atoms with Crippen LogP contribution in [0, 0.1) is 5.41 Å². The van der Waals surface area contributed by atoms with E-state index < -0.39 is 0 Å². The fraction of sp³-hybridized carbons (Fsp3) is 0.440. The molecule has 0 saturated heterocycles. The van der Waals surface area contributed by atoms with Crippen LogP contribution in [0.2, 0.25) is 0 Å². The molecule has 3 heteroatoms. The summed E-state index contributed by atoms with van der Waals surface area (Å²) in [5.74, 6) is 0. The average Bonchev–Trinajstić information content (AvgIpc) is 3.10. The molecule has 3 rings (SSSR count). The van der Waals surface area contributed by atoms with Crippen molar-refractivity contribution in [1.29, 1.82) is 0 Å². The van der Waals surface area contributed by atoms with Crippen molar-refractivity contribution in [2.75, 3.05) is 0 Å². The van der Waals surface area contributed by atoms with Gasteiger partial charge in [-0.25, -0.2) is 0 Å². The van der Waals surface area contributed by atoms with Gasteiger partial charge >= 0.3 is 41.3 Å². The molecular formula is C25H33Cl2Zr-. The minimum atomic E-state index is 0. The van der Waals surface area contributed by atoms with Crippen LogP contribution in [0.3, 0.4) is 0 Å². The topological polar surface area (TPSA) is 0 Å². The Morgan fingerprint density at radius 2 is 1.46 bits per heavy atom. The van der Waals surface area contributed by atoms with Crippen LogP contribution in [0.1, 0.15) is 72.9 Å². The Morgan fingerprint density at radius 3 is 1.93 bits per heavy atom. The van der Waals surface area contributed by atoms with Gasteiger partial charge in [0.15, 0.2) is 0 Å². The monoisotopic (exact) mass is 493 g/mol. The number of halogens is 2. The maximum Gasteiger partial charge on any atom is -1.00 e. The Hall–Kier alpha value is -0.357. The quantitative estimate of drug-likeness (QED) is 0.525. The summed E-state index contributed by atoms with van der Waals surface area (Å²) in [6.45, 7) is 18.0. The molecule has 0 amide bonds. The first-order chi connectivity index (χ1) is 11.9. The third-order valence-corrected chi connectivity index (χ3v) is 4.69. The average molecular weight is 496 g/mol. The van der Waals surface area contributed by atoms with Gasteiger partial charge in [-0.1, -0.05) is 77.0 Å². The normalized spacial score (nSPS) is 13.6. The van der Waals surface area contributed by atoms with Crippen molar-refractivity contribution in [3.05, 3.63) is 59.2 Å². The number of rotatable bonds is 1. The van der Waals surface area contributed by atoms with Gasteiger partial charge in [0.1, 0.15) is 0 Å². The van der Waals surface area contributed by atoms with Gasteiger partial charge < -0.3 is 24.8 Å². The van der Waals surface area contributed by atoms with E-state index in [0.29, 0.717) is 0 Å². The van der Waals surface area contributed by atoms with Crippen LogP contribution in [0.4, 0.5) is 0 Å². The summed E-state index contributed by atoms with van der Waals surface area (Å²) in [6.07, 6.45) is 5.87. The van der Waals surface area contributed by atoms with Crippen molar-refractivity contribution in [1.82, 2.24) is 0 Å². The Balaban J connectivity index is 0.00000111. The van der Waals surface area contributed by atoms with Crippen molar-refractivity contribution >= 4 is 19.6 Å². The molecule has 0 radical (unpaired) electrons. The third kappa shape index (κ3) is 6.86. The van der Waals surface area contributed by atoms with E-state index in [1.54, 1.807) is 24.2 Å². The van der Waals surface area contributed by atoms with E-state index in [-0.39, 0.29) is 35.6 Å². The molecule has 0 bridgehead atoms. The number of fused-ring (bicyclic) bond motifs is 1. The predicted molar refractivity (Wildman–Crippen MR) is 115 cm³/mol. The van der Waals surface area contributed by atoms with Gasteiger partial charge in [-0.3, -0.25) is 0 Å². The van der Waals surface area contributed by atoms with Gasteiger partial charge in [-0.05, 0) is 17.3 Å². The van der Waals surface area contributed by atoms with Crippen molar-refractivity contribution in [2.24, 2.45) is 5.41 Å². The molecule has 0 atom stereocenters. The molecule has 0 aliphatic heterocycles. The van der Waals surface area contributed by atoms with Crippen molar-refractivity contribution in [3.63, 3.8) is 0 Å². The van der Waals surface area contributed by atoms with Gasteiger partial charge in [0, 0.05) is 0 Å². The smallest absolute Gasteiger partial charge is 1.00 e. The van der Waals surface area contributed by atoms with Crippen LogP contribution in [0.25, 0.3) is 16.3 Å². The van der Waals surface area contributed by atoms with Crippen LogP contribution < -0.4 is 24.8 Å². The summed E-state index contributed by atoms with van der Waals surface area (Å²) in [6, 6.07) is 11.3. The summed E-state index contributed by atoms with van der Waals surface area (Å²) in [4.78, 5) is 0. The molecule has 0 nitrogen and oxygen atoms in total. The van der Waals surface area contributed by atoms with Crippen LogP contribution in [0.5, 0.6) is 0 Å². The zero-order chi connectivity index (χ0) is 19.7. The number of allylic oxidation sites excluding steroid dienone is 4. The molecule has 0 spiro atoms. The molecule has 0 unspecified atom stereocenters. The molecule has 28 heavy (non-hydrogen) atoms. The fourth-order valence-corrected chi connectivity index (χ4v) is 3.37. The van der Waals surface area contributed by atoms with Crippen molar-refractivity contribution in [3.8, 4) is 0 Å². The van der Waals surface area contributed by atoms with Gasteiger partial charge in [-0.2, -0.15) is 0 Å². The second-order valence-electron chi connectivity index (χ2n) is 9.55. The summed E-state index contributed by atoms with van der Waals surface area (Å²) < 4.78 is 1.51. The molecule has 0 aromatic heterocycles. The minimum Gasteiger partial charge on any atom is -1.00 e. The fourth-order valence-electron chi connectivity index (χ4n) is 3.37. The maximum atomic E-state index is 2.43. The van der Waals surface area contributed by atoms with Crippen molar-refractivity contribution in [2.45, 2.75) is 67.2 Å². The second kappa shape index (κ2) is 10.6. The standard InChI is InChI=1S/C22H27.C3H6.2ClH.Zr/c1-21(2,3)16-12-11-15(13-16)19-14-20(22(4,5)6)18-10-8-7-9-17(18)19;1-3-2;;;/h7-10,12-14H,11H2,1-6H3;1-2H3;2*1H;/q-1;;;;+2/p-2. The molecule has 1 aliphatic rings. The maximum absolute atomic E-state index is 2.43. The summed E-state index contributed by atoms with van der Waals surface area (Å²) in [5, 5.41) is 2.82. The second-order valence-corrected chi connectivity index (χ2v) is 12.0. The summed E-state index contributed by atoms with van der Waals surface area (Å²) in [7, 11) is 0. The largest absolute Gasteiger partial charge is 1.00 e. The van der Waals surface area contributed by atoms with E-state index >= 15 is 0 Å². The van der Waals surface area contributed by atoms with Crippen LogP contribution >= 0.6 is 0 Å². The first kappa shape index (κ1) is 27.6. The number of hydrogen-bond acceptors (Lipinski definition) is 0. The predicted octanol–water partition coefficient (Wildman–Crippen LogP) is 1.37. The van der Waals surface area contributed by atoms with Crippen LogP contribution in [0.15, 0.2) is 48.1 Å². The van der Waals surface area contributed by atoms with E-state index in [2.05, 4.69) is 97.9 Å². The molecular weight excluding hydrogens is 462 g/mol. The molecule has 2 aromatic rings. The summed E-state index contributed by atoms with van der Waals surface area (Å²) in [5.41, 5.74) is 6.23. The van der Waals surface area contributed by atoms with Gasteiger partial charge in [0.05, 0.1) is 0 Å². The summed E-state index contributed by atoms with van der Waals surface area (Å²) >= 11 is 1.55. The zero-order valence-corrected chi connectivity index (χ0v) is 22.5. The molecule has 152 valence electrons. The molecule has 1 aliphatic carbocycles.